The van der Waals surface area contributed by atoms with Gasteiger partial charge in [-0.05, 0) is 48.9 Å². The third kappa shape index (κ3) is 3.51. The smallest absolute Gasteiger partial charge is 0.128 e. The van der Waals surface area contributed by atoms with Crippen LogP contribution in [0, 0.1) is 11.3 Å². The lowest BCUT2D eigenvalue weighted by Crippen LogP contribution is -2.26. The first-order chi connectivity index (χ1) is 9.41. The Labute approximate surface area is 123 Å². The van der Waals surface area contributed by atoms with Crippen LogP contribution in [-0.2, 0) is 0 Å². The quantitative estimate of drug-likeness (QED) is 0.909. The van der Waals surface area contributed by atoms with Crippen molar-refractivity contribution in [1.29, 1.82) is 0 Å². The molecule has 1 aliphatic heterocycles. The van der Waals surface area contributed by atoms with E-state index in [1.807, 2.05) is 6.20 Å². The van der Waals surface area contributed by atoms with Gasteiger partial charge < -0.3 is 10.2 Å². The maximum Gasteiger partial charge on any atom is 0.128 e. The fourth-order valence-corrected chi connectivity index (χ4v) is 2.98. The van der Waals surface area contributed by atoms with E-state index >= 15 is 0 Å². The number of pyridine rings is 1. The lowest BCUT2D eigenvalue weighted by Gasteiger charge is -2.27. The predicted octanol–water partition coefficient (Wildman–Crippen LogP) is 3.62. The van der Waals surface area contributed by atoms with Gasteiger partial charge in [0.25, 0.3) is 0 Å². The van der Waals surface area contributed by atoms with Crippen LogP contribution >= 0.6 is 0 Å². The maximum atomic E-state index is 4.58. The molecular weight excluding hydrogens is 246 g/mol. The van der Waals surface area contributed by atoms with E-state index in [-0.39, 0.29) is 0 Å². The minimum atomic E-state index is 0.391. The Morgan fingerprint density at radius 1 is 1.45 bits per heavy atom. The van der Waals surface area contributed by atoms with Crippen molar-refractivity contribution in [3.63, 3.8) is 0 Å². The van der Waals surface area contributed by atoms with Crippen LogP contribution in [0.4, 0.5) is 5.82 Å². The topological polar surface area (TPSA) is 28.2 Å². The number of nitrogens with zero attached hydrogens (tertiary/aromatic N) is 2. The molecule has 1 N–H and O–H groups in total. The zero-order chi connectivity index (χ0) is 14.8. The summed E-state index contributed by atoms with van der Waals surface area (Å²) in [5.74, 6) is 1.90. The van der Waals surface area contributed by atoms with Crippen LogP contribution in [0.2, 0.25) is 0 Å². The van der Waals surface area contributed by atoms with Crippen LogP contribution in [-0.4, -0.2) is 24.6 Å². The minimum absolute atomic E-state index is 0.391. The molecule has 20 heavy (non-hydrogen) atoms. The van der Waals surface area contributed by atoms with Crippen molar-refractivity contribution in [2.45, 2.75) is 47.1 Å². The zero-order valence-corrected chi connectivity index (χ0v) is 13.6. The Hall–Kier alpha value is -1.09. The van der Waals surface area contributed by atoms with Crippen molar-refractivity contribution in [2.24, 2.45) is 11.3 Å². The molecule has 0 aromatic carbocycles. The summed E-state index contributed by atoms with van der Waals surface area (Å²) >= 11 is 0. The maximum absolute atomic E-state index is 4.58. The molecule has 112 valence electrons. The molecule has 3 heteroatoms. The molecular formula is C17H29N3. The highest BCUT2D eigenvalue weighted by molar-refractivity contribution is 5.43. The van der Waals surface area contributed by atoms with Crippen molar-refractivity contribution in [1.82, 2.24) is 10.3 Å². The van der Waals surface area contributed by atoms with E-state index in [0.29, 0.717) is 11.5 Å². The van der Waals surface area contributed by atoms with Crippen molar-refractivity contribution < 1.29 is 0 Å². The van der Waals surface area contributed by atoms with E-state index in [0.717, 1.165) is 31.4 Å². The molecule has 2 rings (SSSR count). The highest BCUT2D eigenvalue weighted by atomic mass is 15.2. The molecule has 0 saturated carbocycles. The van der Waals surface area contributed by atoms with Crippen LogP contribution in [0.15, 0.2) is 18.3 Å². The van der Waals surface area contributed by atoms with Gasteiger partial charge in [-0.3, -0.25) is 0 Å². The average molecular weight is 275 g/mol. The molecule has 1 fully saturated rings. The first-order valence-corrected chi connectivity index (χ1v) is 7.86. The number of rotatable bonds is 4. The molecule has 1 aromatic heterocycles. The third-order valence-corrected chi connectivity index (χ3v) is 4.52. The fraction of sp³-hybridized carbons (Fsp3) is 0.706. The van der Waals surface area contributed by atoms with Crippen LogP contribution < -0.4 is 10.2 Å². The van der Waals surface area contributed by atoms with Gasteiger partial charge in [0.15, 0.2) is 0 Å². The number of hydrogen-bond acceptors (Lipinski definition) is 3. The molecule has 2 unspecified atom stereocenters. The van der Waals surface area contributed by atoms with E-state index < -0.39 is 0 Å². The molecule has 0 spiro atoms. The third-order valence-electron chi connectivity index (χ3n) is 4.52. The molecule has 0 amide bonds. The molecule has 1 aliphatic rings. The molecule has 0 radical (unpaired) electrons. The minimum Gasteiger partial charge on any atom is -0.356 e. The summed E-state index contributed by atoms with van der Waals surface area (Å²) < 4.78 is 0. The molecule has 1 aromatic rings. The summed E-state index contributed by atoms with van der Waals surface area (Å²) in [6, 6.07) is 4.76. The predicted molar refractivity (Wildman–Crippen MR) is 86.1 cm³/mol. The second-order valence-electron chi connectivity index (χ2n) is 7.02. The van der Waals surface area contributed by atoms with E-state index in [1.54, 1.807) is 0 Å². The number of nitrogens with one attached hydrogen (secondary N) is 1. The summed E-state index contributed by atoms with van der Waals surface area (Å²) in [7, 11) is 0. The second-order valence-corrected chi connectivity index (χ2v) is 7.02. The monoisotopic (exact) mass is 275 g/mol. The normalized spacial score (nSPS) is 21.2. The Kier molecular flexibility index (Phi) is 4.69. The number of anilines is 1. The summed E-state index contributed by atoms with van der Waals surface area (Å²) in [5, 5.41) is 3.47. The van der Waals surface area contributed by atoms with Gasteiger partial charge >= 0.3 is 0 Å². The number of hydrogen-bond donors (Lipinski definition) is 1. The summed E-state index contributed by atoms with van der Waals surface area (Å²) in [6.07, 6.45) is 3.22. The first kappa shape index (κ1) is 15.3. The highest BCUT2D eigenvalue weighted by Gasteiger charge is 2.32. The van der Waals surface area contributed by atoms with Crippen LogP contribution in [0.3, 0.4) is 0 Å². The van der Waals surface area contributed by atoms with Crippen molar-refractivity contribution in [2.75, 3.05) is 24.5 Å². The average Bonchev–Trinajstić information content (AvgIpc) is 2.89. The Balaban J connectivity index is 2.09. The van der Waals surface area contributed by atoms with Crippen molar-refractivity contribution in [3.8, 4) is 0 Å². The number of aromatic nitrogens is 1. The van der Waals surface area contributed by atoms with E-state index in [9.17, 15) is 0 Å². The fourth-order valence-electron chi connectivity index (χ4n) is 2.98. The Bertz CT molecular complexity index is 436. The molecule has 0 aliphatic carbocycles. The first-order valence-electron chi connectivity index (χ1n) is 7.86. The Morgan fingerprint density at radius 2 is 2.20 bits per heavy atom. The molecule has 2 atom stereocenters. The molecule has 2 heterocycles. The highest BCUT2D eigenvalue weighted by Crippen LogP contribution is 2.35. The SMILES string of the molecule is CCNC(C)c1ccnc(N2CCC(C(C)(C)C)C2)c1. The van der Waals surface area contributed by atoms with Gasteiger partial charge in [-0.1, -0.05) is 27.7 Å². The standard InChI is InChI=1S/C17H29N3/c1-6-18-13(2)14-7-9-19-16(11-14)20-10-8-15(12-20)17(3,4)5/h7,9,11,13,15,18H,6,8,10,12H2,1-5H3. The van der Waals surface area contributed by atoms with Crippen LogP contribution in [0.5, 0.6) is 0 Å². The molecule has 1 saturated heterocycles. The largest absolute Gasteiger partial charge is 0.356 e. The van der Waals surface area contributed by atoms with Gasteiger partial charge in [0.1, 0.15) is 5.82 Å². The van der Waals surface area contributed by atoms with Gasteiger partial charge in [-0.25, -0.2) is 4.98 Å². The summed E-state index contributed by atoms with van der Waals surface area (Å²) in [5.41, 5.74) is 1.72. The van der Waals surface area contributed by atoms with Gasteiger partial charge in [-0.15, -0.1) is 0 Å². The van der Waals surface area contributed by atoms with Crippen molar-refractivity contribution in [3.05, 3.63) is 23.9 Å². The Morgan fingerprint density at radius 3 is 2.80 bits per heavy atom. The van der Waals surface area contributed by atoms with Gasteiger partial charge in [0, 0.05) is 25.3 Å². The lowest BCUT2D eigenvalue weighted by molar-refractivity contribution is 0.263. The molecule has 0 bridgehead atoms. The van der Waals surface area contributed by atoms with Crippen LogP contribution in [0.1, 0.15) is 52.6 Å². The summed E-state index contributed by atoms with van der Waals surface area (Å²) in [4.78, 5) is 7.02. The zero-order valence-electron chi connectivity index (χ0n) is 13.6. The van der Waals surface area contributed by atoms with Gasteiger partial charge in [0.05, 0.1) is 0 Å². The molecule has 3 nitrogen and oxygen atoms in total. The van der Waals surface area contributed by atoms with Crippen molar-refractivity contribution >= 4 is 5.82 Å². The van der Waals surface area contributed by atoms with Gasteiger partial charge in [0.2, 0.25) is 0 Å². The van der Waals surface area contributed by atoms with E-state index in [4.69, 9.17) is 0 Å². The van der Waals surface area contributed by atoms with Gasteiger partial charge in [-0.2, -0.15) is 0 Å². The summed E-state index contributed by atoms with van der Waals surface area (Å²) in [6.45, 7) is 14.7. The van der Waals surface area contributed by atoms with E-state index in [1.165, 1.54) is 12.0 Å². The lowest BCUT2D eigenvalue weighted by atomic mass is 9.80. The second kappa shape index (κ2) is 6.13. The van der Waals surface area contributed by atoms with Crippen LogP contribution in [0.25, 0.3) is 0 Å². The van der Waals surface area contributed by atoms with E-state index in [2.05, 4.69) is 62.0 Å².